The molecule has 9 nitrogen and oxygen atoms in total. The molecule has 0 saturated carbocycles. The Balaban J connectivity index is 1.95. The third-order valence-corrected chi connectivity index (χ3v) is 3.86. The maximum atomic E-state index is 13.4. The molecule has 0 fully saturated rings. The Morgan fingerprint density at radius 3 is 2.77 bits per heavy atom. The molecule has 0 unspecified atom stereocenters. The first-order valence-electron chi connectivity index (χ1n) is 7.83. The zero-order chi connectivity index (χ0) is 19.3. The number of primary amides is 1. The smallest absolute Gasteiger partial charge is 0.466 e. The topological polar surface area (TPSA) is 124 Å². The maximum absolute atomic E-state index is 13.4. The van der Waals surface area contributed by atoms with Crippen molar-refractivity contribution in [2.75, 3.05) is 11.9 Å². The average Bonchev–Trinajstić information content (AvgIpc) is 2.88. The molecule has 3 heterocycles. The van der Waals surface area contributed by atoms with Crippen LogP contribution in [0.15, 0.2) is 12.3 Å². The minimum atomic E-state index is -1.62. The number of fused-ring (bicyclic) bond motifs is 1. The molecule has 1 atom stereocenters. The van der Waals surface area contributed by atoms with Gasteiger partial charge in [0.15, 0.2) is 11.6 Å². The molecule has 1 aromatic heterocycles. The van der Waals surface area contributed by atoms with Crippen LogP contribution in [0, 0.1) is 5.82 Å². The number of pyridine rings is 1. The highest BCUT2D eigenvalue weighted by atomic mass is 19.1. The van der Waals surface area contributed by atoms with Gasteiger partial charge in [0.05, 0.1) is 12.6 Å². The number of halogens is 1. The maximum Gasteiger partial charge on any atom is 0.597 e. The van der Waals surface area contributed by atoms with Gasteiger partial charge in [0.25, 0.3) is 17.2 Å². The third-order valence-electron chi connectivity index (χ3n) is 3.86. The monoisotopic (exact) mass is 365 g/mol. The van der Waals surface area contributed by atoms with E-state index in [4.69, 9.17) is 15.2 Å². The Bertz CT molecular complexity index is 861. The molecular formula is C16H18FN4O5+. The molecule has 26 heavy (non-hydrogen) atoms. The molecule has 3 rings (SSSR count). The van der Waals surface area contributed by atoms with Crippen LogP contribution in [0.4, 0.5) is 15.0 Å². The first kappa shape index (κ1) is 17.8. The van der Waals surface area contributed by atoms with Crippen LogP contribution in [0.1, 0.15) is 27.2 Å². The predicted octanol–water partition coefficient (Wildman–Crippen LogP) is 0.568. The van der Waals surface area contributed by atoms with E-state index in [1.54, 1.807) is 20.8 Å². The quantitative estimate of drug-likeness (QED) is 0.701. The van der Waals surface area contributed by atoms with Crippen molar-refractivity contribution < 1.29 is 32.8 Å². The van der Waals surface area contributed by atoms with Crippen molar-refractivity contribution in [1.82, 2.24) is 4.98 Å². The van der Waals surface area contributed by atoms with Crippen LogP contribution < -0.4 is 15.8 Å². The third kappa shape index (κ3) is 3.09. The van der Waals surface area contributed by atoms with Crippen LogP contribution in [0.3, 0.4) is 0 Å². The first-order valence-corrected chi connectivity index (χ1v) is 7.83. The molecular weight excluding hydrogens is 347 g/mol. The van der Waals surface area contributed by atoms with Gasteiger partial charge in [-0.15, -0.1) is 4.58 Å². The number of hydrogen-bond donors (Lipinski definition) is 2. The van der Waals surface area contributed by atoms with E-state index in [2.05, 4.69) is 10.3 Å². The van der Waals surface area contributed by atoms with E-state index in [1.807, 2.05) is 0 Å². The molecule has 1 spiro atoms. The summed E-state index contributed by atoms with van der Waals surface area (Å²) in [6.45, 7) is 4.68. The number of hydrogen-bond acceptors (Lipinski definition) is 6. The Hall–Kier alpha value is -3.04. The van der Waals surface area contributed by atoms with E-state index in [-0.39, 0.29) is 30.2 Å². The van der Waals surface area contributed by atoms with E-state index in [0.717, 1.165) is 16.8 Å². The second kappa shape index (κ2) is 5.75. The van der Waals surface area contributed by atoms with Gasteiger partial charge in [-0.05, 0) is 20.8 Å². The van der Waals surface area contributed by atoms with Gasteiger partial charge in [-0.25, -0.2) is 9.37 Å². The lowest BCUT2D eigenvalue weighted by atomic mass is 9.97. The molecule has 2 aliphatic rings. The van der Waals surface area contributed by atoms with Crippen molar-refractivity contribution in [3.8, 4) is 5.75 Å². The SMILES string of the molecule is CC(C)(C)OC(=O)[N+]1=C(C(N)=O)C[C@]2(C1)Oc1cc(F)cnc1NC2=O. The van der Waals surface area contributed by atoms with E-state index < -0.39 is 34.9 Å². The molecule has 0 aromatic carbocycles. The lowest BCUT2D eigenvalue weighted by Crippen LogP contribution is -2.54. The van der Waals surface area contributed by atoms with Crippen molar-refractivity contribution in [2.45, 2.75) is 38.4 Å². The predicted molar refractivity (Wildman–Crippen MR) is 86.4 cm³/mol. The van der Waals surface area contributed by atoms with Gasteiger partial charge in [0, 0.05) is 6.07 Å². The first-order chi connectivity index (χ1) is 12.0. The Labute approximate surface area is 148 Å². The van der Waals surface area contributed by atoms with Crippen LogP contribution in [0.2, 0.25) is 0 Å². The number of amides is 3. The van der Waals surface area contributed by atoms with E-state index in [0.29, 0.717) is 0 Å². The number of aromatic nitrogens is 1. The number of ether oxygens (including phenoxy) is 2. The zero-order valence-electron chi connectivity index (χ0n) is 14.5. The summed E-state index contributed by atoms with van der Waals surface area (Å²) in [5.74, 6) is -2.10. The summed E-state index contributed by atoms with van der Waals surface area (Å²) in [4.78, 5) is 40.5. The van der Waals surface area contributed by atoms with Gasteiger partial charge in [-0.3, -0.25) is 9.59 Å². The summed E-state index contributed by atoms with van der Waals surface area (Å²) in [6.07, 6.45) is -0.158. The highest BCUT2D eigenvalue weighted by Crippen LogP contribution is 2.36. The minimum Gasteiger partial charge on any atom is -0.466 e. The molecule has 0 bridgehead atoms. The van der Waals surface area contributed by atoms with Crippen LogP contribution in [0.25, 0.3) is 0 Å². The number of nitrogens with one attached hydrogen (secondary N) is 1. The summed E-state index contributed by atoms with van der Waals surface area (Å²) >= 11 is 0. The van der Waals surface area contributed by atoms with Gasteiger partial charge < -0.3 is 20.5 Å². The normalized spacial score (nSPS) is 21.9. The fraction of sp³-hybridized carbons (Fsp3) is 0.438. The molecule has 10 heteroatoms. The van der Waals surface area contributed by atoms with Crippen LogP contribution in [-0.4, -0.2) is 50.9 Å². The Morgan fingerprint density at radius 2 is 2.15 bits per heavy atom. The summed E-state index contributed by atoms with van der Waals surface area (Å²) in [5.41, 5.74) is 2.80. The second-order valence-corrected chi connectivity index (χ2v) is 7.10. The zero-order valence-corrected chi connectivity index (χ0v) is 14.5. The molecule has 138 valence electrons. The standard InChI is InChI=1S/C16H17FN4O5/c1-15(2,3)26-14(24)21-7-16(5-9(21)11(18)22)13(23)20-12-10(25-16)4-8(17)6-19-12/h4,6H,5,7H2,1-3H3,(H2-,18,19,20,22,23)/p+1/t16-/m1/s1. The molecule has 2 aliphatic heterocycles. The number of carbonyl (C=O) groups excluding carboxylic acids is 3. The molecule has 3 N–H and O–H groups in total. The van der Waals surface area contributed by atoms with Gasteiger partial charge in [-0.1, -0.05) is 0 Å². The molecule has 0 radical (unpaired) electrons. The fourth-order valence-electron chi connectivity index (χ4n) is 2.78. The van der Waals surface area contributed by atoms with Crippen molar-refractivity contribution in [3.63, 3.8) is 0 Å². The van der Waals surface area contributed by atoms with Gasteiger partial charge in [-0.2, -0.15) is 4.79 Å². The summed E-state index contributed by atoms with van der Waals surface area (Å²) in [7, 11) is 0. The number of rotatable bonds is 1. The van der Waals surface area contributed by atoms with Crippen LogP contribution >= 0.6 is 0 Å². The number of carbonyl (C=O) groups is 3. The minimum absolute atomic E-state index is 0.000501. The van der Waals surface area contributed by atoms with E-state index >= 15 is 0 Å². The van der Waals surface area contributed by atoms with E-state index in [1.165, 1.54) is 0 Å². The molecule has 1 aromatic rings. The molecule has 0 aliphatic carbocycles. The highest BCUT2D eigenvalue weighted by Gasteiger charge is 2.59. The number of nitrogens with two attached hydrogens (primary N) is 1. The van der Waals surface area contributed by atoms with Gasteiger partial charge in [0.2, 0.25) is 6.54 Å². The number of nitrogens with zero attached hydrogens (tertiary/aromatic N) is 2. The number of anilines is 1. The molecule has 0 saturated heterocycles. The van der Waals surface area contributed by atoms with E-state index in [9.17, 15) is 18.8 Å². The summed E-state index contributed by atoms with van der Waals surface area (Å²) in [6, 6.07) is 1.06. The molecule has 3 amide bonds. The van der Waals surface area contributed by atoms with Crippen molar-refractivity contribution in [3.05, 3.63) is 18.1 Å². The second-order valence-electron chi connectivity index (χ2n) is 7.10. The Morgan fingerprint density at radius 1 is 1.46 bits per heavy atom. The fourth-order valence-corrected chi connectivity index (χ4v) is 2.78. The summed E-state index contributed by atoms with van der Waals surface area (Å²) < 4.78 is 25.4. The lowest BCUT2D eigenvalue weighted by molar-refractivity contribution is -0.452. The van der Waals surface area contributed by atoms with Crippen LogP contribution in [-0.2, 0) is 14.3 Å². The lowest BCUT2D eigenvalue weighted by Gasteiger charge is -2.30. The average molecular weight is 365 g/mol. The highest BCUT2D eigenvalue weighted by molar-refractivity contribution is 6.38. The van der Waals surface area contributed by atoms with Crippen molar-refractivity contribution in [2.24, 2.45) is 5.73 Å². The van der Waals surface area contributed by atoms with Crippen molar-refractivity contribution in [1.29, 1.82) is 0 Å². The van der Waals surface area contributed by atoms with Crippen LogP contribution in [0.5, 0.6) is 5.75 Å². The van der Waals surface area contributed by atoms with Crippen molar-refractivity contribution >= 4 is 29.4 Å². The largest absolute Gasteiger partial charge is 0.597 e. The van der Waals surface area contributed by atoms with Gasteiger partial charge in [0.1, 0.15) is 11.4 Å². The summed E-state index contributed by atoms with van der Waals surface area (Å²) in [5, 5.41) is 2.50. The Kier molecular flexibility index (Phi) is 3.93. The van der Waals surface area contributed by atoms with Gasteiger partial charge >= 0.3 is 12.0 Å².